The number of benzene rings is 1. The molecule has 0 aliphatic carbocycles. The Bertz CT molecular complexity index is 527. The second kappa shape index (κ2) is 5.42. The highest BCUT2D eigenvalue weighted by Crippen LogP contribution is 2.36. The molecule has 1 heterocycles. The van der Waals surface area contributed by atoms with Crippen LogP contribution in [0.1, 0.15) is 16.5 Å². The first-order valence-corrected chi connectivity index (χ1v) is 6.67. The number of hydrogen-bond acceptors (Lipinski definition) is 4. The predicted octanol–water partition coefficient (Wildman–Crippen LogP) is 4.64. The van der Waals surface area contributed by atoms with Gasteiger partial charge in [-0.25, -0.2) is 5.53 Å². The lowest BCUT2D eigenvalue weighted by atomic mass is 10.1. The van der Waals surface area contributed by atoms with E-state index in [1.54, 1.807) is 18.4 Å². The summed E-state index contributed by atoms with van der Waals surface area (Å²) >= 11 is 5.07. The molecule has 1 N–H and O–H groups in total. The van der Waals surface area contributed by atoms with Gasteiger partial charge in [-0.3, -0.25) is 0 Å². The number of methoxy groups -OCH3 is 1. The van der Waals surface area contributed by atoms with Crippen molar-refractivity contribution in [3.05, 3.63) is 50.6 Å². The van der Waals surface area contributed by atoms with Crippen LogP contribution in [0.25, 0.3) is 0 Å². The number of thiophene rings is 1. The van der Waals surface area contributed by atoms with Gasteiger partial charge in [0.2, 0.25) is 0 Å². The van der Waals surface area contributed by atoms with E-state index in [-0.39, 0.29) is 6.04 Å². The van der Waals surface area contributed by atoms with Crippen LogP contribution in [0.4, 0.5) is 0 Å². The molecule has 0 saturated heterocycles. The monoisotopic (exact) mass is 310 g/mol. The van der Waals surface area contributed by atoms with Gasteiger partial charge in [-0.15, -0.1) is 11.3 Å². The normalized spacial score (nSPS) is 12.1. The average molecular weight is 311 g/mol. The summed E-state index contributed by atoms with van der Waals surface area (Å²) in [6, 6.07) is 9.37. The maximum atomic E-state index is 7.37. The summed E-state index contributed by atoms with van der Waals surface area (Å²) in [6.07, 6.45) is 0. The number of ether oxygens (including phenoxy) is 1. The molecule has 0 radical (unpaired) electrons. The molecule has 1 aromatic carbocycles. The third kappa shape index (κ3) is 2.56. The number of hydrogen-bond donors (Lipinski definition) is 1. The number of nitrogens with zero attached hydrogens (tertiary/aromatic N) is 1. The van der Waals surface area contributed by atoms with Gasteiger partial charge >= 0.3 is 0 Å². The zero-order valence-electron chi connectivity index (χ0n) is 9.18. The van der Waals surface area contributed by atoms with Gasteiger partial charge in [0.25, 0.3) is 0 Å². The first kappa shape index (κ1) is 12.3. The number of halogens is 1. The molecule has 0 amide bonds. The van der Waals surface area contributed by atoms with Crippen LogP contribution in [0, 0.1) is 5.53 Å². The van der Waals surface area contributed by atoms with E-state index in [1.807, 2.05) is 35.7 Å². The van der Waals surface area contributed by atoms with Crippen LogP contribution >= 0.6 is 27.3 Å². The number of nitrogens with one attached hydrogen (secondary N) is 1. The fourth-order valence-corrected chi connectivity index (χ4v) is 3.25. The zero-order valence-corrected chi connectivity index (χ0v) is 11.6. The topological polar surface area (TPSA) is 45.4 Å². The molecule has 0 aliphatic heterocycles. The molecule has 3 nitrogen and oxygen atoms in total. The summed E-state index contributed by atoms with van der Waals surface area (Å²) < 4.78 is 6.18. The van der Waals surface area contributed by atoms with Crippen LogP contribution in [-0.2, 0) is 0 Å². The van der Waals surface area contributed by atoms with E-state index < -0.39 is 0 Å². The summed E-state index contributed by atoms with van der Waals surface area (Å²) in [5.41, 5.74) is 8.33. The summed E-state index contributed by atoms with van der Waals surface area (Å²) in [6.45, 7) is 0. The van der Waals surface area contributed by atoms with Crippen molar-refractivity contribution < 1.29 is 4.74 Å². The van der Waals surface area contributed by atoms with Crippen molar-refractivity contribution in [2.75, 3.05) is 7.11 Å². The van der Waals surface area contributed by atoms with Gasteiger partial charge < -0.3 is 4.74 Å². The van der Waals surface area contributed by atoms with Crippen molar-refractivity contribution in [3.63, 3.8) is 0 Å². The second-order valence-corrected chi connectivity index (χ2v) is 5.24. The molecule has 1 unspecified atom stereocenters. The minimum atomic E-state index is -0.264. The summed E-state index contributed by atoms with van der Waals surface area (Å²) in [5, 5.41) is 5.70. The van der Waals surface area contributed by atoms with Crippen molar-refractivity contribution in [1.29, 1.82) is 5.53 Å². The van der Waals surface area contributed by atoms with Gasteiger partial charge in [-0.05, 0) is 45.1 Å². The van der Waals surface area contributed by atoms with E-state index in [9.17, 15) is 0 Å². The minimum absolute atomic E-state index is 0.264. The molecule has 5 heteroatoms. The molecule has 2 aromatic rings. The van der Waals surface area contributed by atoms with E-state index in [2.05, 4.69) is 21.0 Å². The van der Waals surface area contributed by atoms with Gasteiger partial charge in [0.05, 0.1) is 7.11 Å². The Morgan fingerprint density at radius 1 is 1.41 bits per heavy atom. The van der Waals surface area contributed by atoms with Crippen LogP contribution < -0.4 is 4.74 Å². The highest BCUT2D eigenvalue weighted by atomic mass is 79.9. The quantitative estimate of drug-likeness (QED) is 0.821. The highest BCUT2D eigenvalue weighted by Gasteiger charge is 2.17. The van der Waals surface area contributed by atoms with Crippen LogP contribution in [0.2, 0.25) is 0 Å². The molecule has 2 rings (SSSR count). The fourth-order valence-electron chi connectivity index (χ4n) is 1.60. The lowest BCUT2D eigenvalue weighted by Gasteiger charge is -2.11. The van der Waals surface area contributed by atoms with Crippen molar-refractivity contribution in [3.8, 4) is 5.75 Å². The Morgan fingerprint density at radius 3 is 2.82 bits per heavy atom. The van der Waals surface area contributed by atoms with Crippen molar-refractivity contribution >= 4 is 27.3 Å². The van der Waals surface area contributed by atoms with Gasteiger partial charge in [0, 0.05) is 9.35 Å². The summed E-state index contributed by atoms with van der Waals surface area (Å²) in [4.78, 5) is 1.04. The Hall–Kier alpha value is -1.20. The van der Waals surface area contributed by atoms with Crippen molar-refractivity contribution in [1.82, 2.24) is 0 Å². The van der Waals surface area contributed by atoms with Gasteiger partial charge in [-0.1, -0.05) is 12.1 Å². The molecule has 1 atom stereocenters. The third-order valence-corrected chi connectivity index (χ3v) is 4.35. The van der Waals surface area contributed by atoms with Crippen LogP contribution in [0.5, 0.6) is 5.75 Å². The molecule has 0 fully saturated rings. The molecule has 1 aromatic heterocycles. The largest absolute Gasteiger partial charge is 0.497 e. The van der Waals surface area contributed by atoms with E-state index >= 15 is 0 Å². The molecular formula is C12H11BrN2OS. The standard InChI is InChI=1S/C12H11BrN2OS/c1-16-9-4-2-3-8(7-9)11(15-14)12-10(13)5-6-17-12/h2-7,11,14H,1H3. The molecule has 0 bridgehead atoms. The maximum absolute atomic E-state index is 7.37. The predicted molar refractivity (Wildman–Crippen MR) is 72.0 cm³/mol. The first-order chi connectivity index (χ1) is 8.26. The minimum Gasteiger partial charge on any atom is -0.497 e. The van der Waals surface area contributed by atoms with E-state index in [0.29, 0.717) is 0 Å². The maximum Gasteiger partial charge on any atom is 0.131 e. The van der Waals surface area contributed by atoms with Gasteiger partial charge in [-0.2, -0.15) is 5.11 Å². The molecule has 17 heavy (non-hydrogen) atoms. The average Bonchev–Trinajstić information content (AvgIpc) is 2.77. The van der Waals surface area contributed by atoms with Gasteiger partial charge in [0.15, 0.2) is 0 Å². The molecule has 88 valence electrons. The molecule has 0 aliphatic rings. The lowest BCUT2D eigenvalue weighted by molar-refractivity contribution is 0.414. The summed E-state index contributed by atoms with van der Waals surface area (Å²) in [5.74, 6) is 0.781. The molecule has 0 spiro atoms. The van der Waals surface area contributed by atoms with Crippen LogP contribution in [-0.4, -0.2) is 7.11 Å². The molecular weight excluding hydrogens is 300 g/mol. The van der Waals surface area contributed by atoms with Crippen molar-refractivity contribution in [2.24, 2.45) is 5.11 Å². The Balaban J connectivity index is 2.42. The van der Waals surface area contributed by atoms with E-state index in [4.69, 9.17) is 10.3 Å². The zero-order chi connectivity index (χ0) is 12.3. The summed E-state index contributed by atoms with van der Waals surface area (Å²) in [7, 11) is 1.63. The van der Waals surface area contributed by atoms with E-state index in [0.717, 1.165) is 20.7 Å². The van der Waals surface area contributed by atoms with Crippen LogP contribution in [0.15, 0.2) is 45.3 Å². The smallest absolute Gasteiger partial charge is 0.131 e. The van der Waals surface area contributed by atoms with Crippen LogP contribution in [0.3, 0.4) is 0 Å². The number of rotatable bonds is 4. The Morgan fingerprint density at radius 2 is 2.24 bits per heavy atom. The molecule has 0 saturated carbocycles. The third-order valence-electron chi connectivity index (χ3n) is 2.43. The van der Waals surface area contributed by atoms with Crippen molar-refractivity contribution in [2.45, 2.75) is 6.04 Å². The Labute approximate surface area is 112 Å². The van der Waals surface area contributed by atoms with E-state index in [1.165, 1.54) is 0 Å². The lowest BCUT2D eigenvalue weighted by Crippen LogP contribution is -1.96. The Kier molecular flexibility index (Phi) is 3.91. The highest BCUT2D eigenvalue weighted by molar-refractivity contribution is 9.10. The fraction of sp³-hybridized carbons (Fsp3) is 0.167. The SMILES string of the molecule is COc1cccc(C(N=N)c2sccc2Br)c1. The first-order valence-electron chi connectivity index (χ1n) is 4.99. The van der Waals surface area contributed by atoms with Gasteiger partial charge in [0.1, 0.15) is 11.8 Å². The second-order valence-electron chi connectivity index (χ2n) is 3.44.